The maximum absolute atomic E-state index is 12.0. The van der Waals surface area contributed by atoms with Gasteiger partial charge in [-0.25, -0.2) is 14.4 Å². The molecule has 2 aromatic rings. The molecular formula is C20H22N2O7. The molecule has 3 rings (SSSR count). The minimum Gasteiger partial charge on any atom is -0.482 e. The van der Waals surface area contributed by atoms with Gasteiger partial charge in [0.25, 0.3) is 5.91 Å². The number of carbonyl (C=O) groups is 3. The number of imide groups is 1. The van der Waals surface area contributed by atoms with Crippen LogP contribution in [0.4, 0.5) is 4.79 Å². The monoisotopic (exact) mass is 402 g/mol. The van der Waals surface area contributed by atoms with E-state index in [1.165, 1.54) is 0 Å². The van der Waals surface area contributed by atoms with Crippen LogP contribution in [-0.2, 0) is 27.2 Å². The summed E-state index contributed by atoms with van der Waals surface area (Å²) in [4.78, 5) is 46.7. The molecule has 0 saturated heterocycles. The smallest absolute Gasteiger partial charge is 0.344 e. The highest BCUT2D eigenvalue weighted by Gasteiger charge is 2.20. The van der Waals surface area contributed by atoms with Gasteiger partial charge in [-0.3, -0.25) is 10.1 Å². The van der Waals surface area contributed by atoms with Crippen molar-refractivity contribution in [3.63, 3.8) is 0 Å². The van der Waals surface area contributed by atoms with Gasteiger partial charge in [-0.15, -0.1) is 0 Å². The van der Waals surface area contributed by atoms with Crippen LogP contribution in [0, 0.1) is 0 Å². The molecule has 0 fully saturated rings. The van der Waals surface area contributed by atoms with E-state index in [4.69, 9.17) is 13.9 Å². The Labute approximate surface area is 166 Å². The van der Waals surface area contributed by atoms with Crippen molar-refractivity contribution in [2.24, 2.45) is 0 Å². The first-order valence-corrected chi connectivity index (χ1v) is 9.31. The lowest BCUT2D eigenvalue weighted by atomic mass is 10.1. The van der Waals surface area contributed by atoms with E-state index in [0.717, 1.165) is 35.8 Å². The first-order chi connectivity index (χ1) is 13.8. The Kier molecular flexibility index (Phi) is 6.16. The number of rotatable bonds is 6. The number of aryl methyl sites for hydroxylation is 1. The maximum atomic E-state index is 12.0. The van der Waals surface area contributed by atoms with Crippen molar-refractivity contribution in [2.45, 2.75) is 39.2 Å². The molecule has 0 spiro atoms. The van der Waals surface area contributed by atoms with Gasteiger partial charge in [-0.05, 0) is 50.8 Å². The second kappa shape index (κ2) is 8.76. The summed E-state index contributed by atoms with van der Waals surface area (Å²) < 4.78 is 15.5. The van der Waals surface area contributed by atoms with Crippen LogP contribution in [0.15, 0.2) is 27.4 Å². The summed E-state index contributed by atoms with van der Waals surface area (Å²) in [5, 5.41) is 5.38. The number of hydrogen-bond acceptors (Lipinski definition) is 7. The predicted octanol–water partition coefficient (Wildman–Crippen LogP) is 1.44. The fourth-order valence-corrected chi connectivity index (χ4v) is 3.14. The van der Waals surface area contributed by atoms with Gasteiger partial charge >= 0.3 is 17.6 Å². The number of carbonyl (C=O) groups excluding carboxylic acids is 3. The number of amides is 3. The van der Waals surface area contributed by atoms with Crippen LogP contribution in [-0.4, -0.2) is 37.2 Å². The van der Waals surface area contributed by atoms with Crippen LogP contribution in [0.3, 0.4) is 0 Å². The molecule has 0 radical (unpaired) electrons. The molecule has 1 aliphatic rings. The molecule has 3 amide bonds. The molecule has 0 bridgehead atoms. The summed E-state index contributed by atoms with van der Waals surface area (Å²) in [7, 11) is 0. The largest absolute Gasteiger partial charge is 0.482 e. The Bertz CT molecular complexity index is 1010. The van der Waals surface area contributed by atoms with E-state index >= 15 is 0 Å². The lowest BCUT2D eigenvalue weighted by molar-refractivity contribution is -0.150. The SMILES string of the molecule is CC(C)NC(=O)NC(=O)COC(=O)COc1ccc2c3c(c(=O)oc2c1)CCC3. The highest BCUT2D eigenvalue weighted by molar-refractivity contribution is 5.95. The van der Waals surface area contributed by atoms with Crippen LogP contribution < -0.4 is 21.0 Å². The van der Waals surface area contributed by atoms with Crippen molar-refractivity contribution in [3.8, 4) is 5.75 Å². The third-order valence-electron chi connectivity index (χ3n) is 4.34. The first-order valence-electron chi connectivity index (χ1n) is 9.31. The minimum absolute atomic E-state index is 0.133. The van der Waals surface area contributed by atoms with Gasteiger partial charge in [-0.2, -0.15) is 0 Å². The van der Waals surface area contributed by atoms with Crippen molar-refractivity contribution in [2.75, 3.05) is 13.2 Å². The average molecular weight is 402 g/mol. The Morgan fingerprint density at radius 1 is 1.14 bits per heavy atom. The van der Waals surface area contributed by atoms with Gasteiger partial charge in [0.2, 0.25) is 0 Å². The molecule has 9 heteroatoms. The van der Waals surface area contributed by atoms with E-state index in [2.05, 4.69) is 5.32 Å². The molecule has 0 atom stereocenters. The number of urea groups is 1. The van der Waals surface area contributed by atoms with Crippen molar-refractivity contribution < 1.29 is 28.3 Å². The third-order valence-corrected chi connectivity index (χ3v) is 4.34. The number of fused-ring (bicyclic) bond motifs is 3. The fourth-order valence-electron chi connectivity index (χ4n) is 3.14. The highest BCUT2D eigenvalue weighted by Crippen LogP contribution is 2.29. The number of hydrogen-bond donors (Lipinski definition) is 2. The van der Waals surface area contributed by atoms with Gasteiger partial charge in [0.1, 0.15) is 11.3 Å². The molecule has 0 aliphatic heterocycles. The standard InChI is InChI=1S/C20H22N2O7/c1-11(2)21-20(26)22-17(23)9-28-18(24)10-27-12-6-7-14-13-4-3-5-15(13)19(25)29-16(14)8-12/h6-8,11H,3-5,9-10H2,1-2H3,(H2,21,22,23,26). The molecule has 9 nitrogen and oxygen atoms in total. The predicted molar refractivity (Wildman–Crippen MR) is 103 cm³/mol. The Morgan fingerprint density at radius 3 is 2.66 bits per heavy atom. The maximum Gasteiger partial charge on any atom is 0.344 e. The molecule has 1 heterocycles. The molecule has 0 unspecified atom stereocenters. The quantitative estimate of drug-likeness (QED) is 0.553. The third kappa shape index (κ3) is 5.13. The highest BCUT2D eigenvalue weighted by atomic mass is 16.6. The van der Waals surface area contributed by atoms with Gasteiger partial charge < -0.3 is 19.2 Å². The van der Waals surface area contributed by atoms with Crippen LogP contribution in [0.2, 0.25) is 0 Å². The summed E-state index contributed by atoms with van der Waals surface area (Å²) >= 11 is 0. The van der Waals surface area contributed by atoms with E-state index in [-0.39, 0.29) is 11.7 Å². The van der Waals surface area contributed by atoms with Crippen molar-refractivity contribution >= 4 is 28.9 Å². The van der Waals surface area contributed by atoms with E-state index in [9.17, 15) is 19.2 Å². The molecule has 1 aromatic carbocycles. The van der Waals surface area contributed by atoms with Crippen molar-refractivity contribution in [1.82, 2.24) is 10.6 Å². The summed E-state index contributed by atoms with van der Waals surface area (Å²) in [6.45, 7) is 2.44. The second-order valence-corrected chi connectivity index (χ2v) is 6.98. The summed E-state index contributed by atoms with van der Waals surface area (Å²) in [6.07, 6.45) is 2.49. The van der Waals surface area contributed by atoms with Crippen molar-refractivity contribution in [1.29, 1.82) is 0 Å². The summed E-state index contributed by atoms with van der Waals surface area (Å²) in [5.74, 6) is -1.20. The number of nitrogens with one attached hydrogen (secondary N) is 2. The Balaban J connectivity index is 1.52. The number of esters is 1. The number of ether oxygens (including phenoxy) is 2. The van der Waals surface area contributed by atoms with E-state index < -0.39 is 31.1 Å². The fraction of sp³-hybridized carbons (Fsp3) is 0.400. The van der Waals surface area contributed by atoms with Gasteiger partial charge in [0.15, 0.2) is 13.2 Å². The Hall–Kier alpha value is -3.36. The lowest BCUT2D eigenvalue weighted by Crippen LogP contribution is -2.44. The van der Waals surface area contributed by atoms with Crippen molar-refractivity contribution in [3.05, 3.63) is 39.7 Å². The zero-order valence-electron chi connectivity index (χ0n) is 16.2. The minimum atomic E-state index is -0.778. The second-order valence-electron chi connectivity index (χ2n) is 6.98. The average Bonchev–Trinajstić information content (AvgIpc) is 3.14. The topological polar surface area (TPSA) is 124 Å². The van der Waals surface area contributed by atoms with Gasteiger partial charge in [0, 0.05) is 23.1 Å². The number of benzene rings is 1. The molecule has 29 heavy (non-hydrogen) atoms. The van der Waals surface area contributed by atoms with Crippen LogP contribution in [0.25, 0.3) is 11.0 Å². The van der Waals surface area contributed by atoms with Crippen LogP contribution >= 0.6 is 0 Å². The molecule has 0 saturated carbocycles. The van der Waals surface area contributed by atoms with Crippen LogP contribution in [0.5, 0.6) is 5.75 Å². The summed E-state index contributed by atoms with van der Waals surface area (Å²) in [5.41, 5.74) is 1.80. The van der Waals surface area contributed by atoms with E-state index in [0.29, 0.717) is 11.3 Å². The molecular weight excluding hydrogens is 380 g/mol. The van der Waals surface area contributed by atoms with E-state index in [1.807, 2.05) is 5.32 Å². The first kappa shape index (κ1) is 20.4. The molecule has 1 aliphatic carbocycles. The zero-order valence-corrected chi connectivity index (χ0v) is 16.2. The normalized spacial score (nSPS) is 12.5. The van der Waals surface area contributed by atoms with Gasteiger partial charge in [0.05, 0.1) is 0 Å². The Morgan fingerprint density at radius 2 is 1.90 bits per heavy atom. The van der Waals surface area contributed by atoms with Gasteiger partial charge in [-0.1, -0.05) is 0 Å². The molecule has 154 valence electrons. The lowest BCUT2D eigenvalue weighted by Gasteiger charge is -2.10. The molecule has 2 N–H and O–H groups in total. The zero-order chi connectivity index (χ0) is 21.0. The van der Waals surface area contributed by atoms with E-state index in [1.54, 1.807) is 32.0 Å². The van der Waals surface area contributed by atoms with Crippen LogP contribution in [0.1, 0.15) is 31.4 Å². The summed E-state index contributed by atoms with van der Waals surface area (Å²) in [6, 6.07) is 4.22. The molecule has 1 aromatic heterocycles.